The van der Waals surface area contributed by atoms with Crippen molar-refractivity contribution in [2.75, 3.05) is 5.32 Å². The molecule has 186 valence electrons. The number of carbonyl (C=O) groups is 2. The summed E-state index contributed by atoms with van der Waals surface area (Å²) in [6.07, 6.45) is 3.29. The van der Waals surface area contributed by atoms with Gasteiger partial charge in [0.05, 0.1) is 5.92 Å². The minimum Gasteiger partial charge on any atom is -0.457 e. The van der Waals surface area contributed by atoms with Crippen molar-refractivity contribution in [1.29, 1.82) is 0 Å². The number of allylic oxidation sites excluding steroid dienone is 1. The van der Waals surface area contributed by atoms with E-state index in [0.717, 1.165) is 16.9 Å². The molecule has 4 rings (SSSR count). The van der Waals surface area contributed by atoms with E-state index in [1.807, 2.05) is 80.6 Å². The minimum absolute atomic E-state index is 0.101. The molecular formula is C32H28ClNO3. The third-order valence-corrected chi connectivity index (χ3v) is 6.13. The zero-order valence-electron chi connectivity index (χ0n) is 20.7. The van der Waals surface area contributed by atoms with Gasteiger partial charge in [-0.3, -0.25) is 9.59 Å². The van der Waals surface area contributed by atoms with Gasteiger partial charge in [0.2, 0.25) is 5.91 Å². The summed E-state index contributed by atoms with van der Waals surface area (Å²) in [6, 6.07) is 31.3. The first-order chi connectivity index (χ1) is 17.9. The van der Waals surface area contributed by atoms with E-state index >= 15 is 0 Å². The molecule has 0 aliphatic rings. The van der Waals surface area contributed by atoms with Gasteiger partial charge in [-0.05, 0) is 83.8 Å². The van der Waals surface area contributed by atoms with Gasteiger partial charge in [0.1, 0.15) is 11.5 Å². The van der Waals surface area contributed by atoms with Crippen LogP contribution in [0.3, 0.4) is 0 Å². The molecular weight excluding hydrogens is 482 g/mol. The number of hydrogen-bond donors (Lipinski definition) is 1. The number of benzene rings is 4. The molecule has 4 aromatic carbocycles. The predicted molar refractivity (Wildman–Crippen MR) is 150 cm³/mol. The topological polar surface area (TPSA) is 55.4 Å². The summed E-state index contributed by atoms with van der Waals surface area (Å²) in [6.45, 7) is 4.02. The van der Waals surface area contributed by atoms with Crippen molar-refractivity contribution in [3.63, 3.8) is 0 Å². The van der Waals surface area contributed by atoms with Gasteiger partial charge in [-0.15, -0.1) is 0 Å². The SMILES string of the molecule is CC(C)C(C(=O)Nc1ccc(C(=O)C=Cc2cccc(Oc3ccccc3)c2)cc1)c1ccc(Cl)cc1. The second-order valence-electron chi connectivity index (χ2n) is 9.03. The van der Waals surface area contributed by atoms with Crippen LogP contribution in [-0.4, -0.2) is 11.7 Å². The first kappa shape index (κ1) is 25.9. The lowest BCUT2D eigenvalue weighted by Crippen LogP contribution is -2.25. The zero-order valence-corrected chi connectivity index (χ0v) is 21.5. The Morgan fingerprint density at radius 3 is 2.16 bits per heavy atom. The van der Waals surface area contributed by atoms with Gasteiger partial charge >= 0.3 is 0 Å². The van der Waals surface area contributed by atoms with E-state index < -0.39 is 0 Å². The Hall–Kier alpha value is -4.15. The molecule has 0 saturated heterocycles. The van der Waals surface area contributed by atoms with Crippen LogP contribution in [0.5, 0.6) is 11.5 Å². The Morgan fingerprint density at radius 2 is 1.49 bits per heavy atom. The highest BCUT2D eigenvalue weighted by atomic mass is 35.5. The molecule has 0 heterocycles. The first-order valence-electron chi connectivity index (χ1n) is 12.1. The van der Waals surface area contributed by atoms with E-state index in [0.29, 0.717) is 22.0 Å². The zero-order chi connectivity index (χ0) is 26.2. The second kappa shape index (κ2) is 12.2. The maximum absolute atomic E-state index is 13.0. The molecule has 4 nitrogen and oxygen atoms in total. The highest BCUT2D eigenvalue weighted by Crippen LogP contribution is 2.28. The van der Waals surface area contributed by atoms with E-state index in [4.69, 9.17) is 16.3 Å². The number of carbonyl (C=O) groups excluding carboxylic acids is 2. The van der Waals surface area contributed by atoms with Gasteiger partial charge in [-0.25, -0.2) is 0 Å². The number of halogens is 1. The molecule has 1 N–H and O–H groups in total. The fraction of sp³-hybridized carbons (Fsp3) is 0.125. The molecule has 0 spiro atoms. The van der Waals surface area contributed by atoms with Gasteiger partial charge in [0.15, 0.2) is 5.78 Å². The van der Waals surface area contributed by atoms with Gasteiger partial charge in [0, 0.05) is 16.3 Å². The molecule has 0 aliphatic heterocycles. The molecule has 0 saturated carbocycles. The molecule has 1 unspecified atom stereocenters. The van der Waals surface area contributed by atoms with Crippen LogP contribution in [0.2, 0.25) is 5.02 Å². The summed E-state index contributed by atoms with van der Waals surface area (Å²) >= 11 is 6.00. The molecule has 0 fully saturated rings. The number of amides is 1. The molecule has 0 bridgehead atoms. The largest absolute Gasteiger partial charge is 0.457 e. The van der Waals surface area contributed by atoms with E-state index in [1.54, 1.807) is 42.5 Å². The monoisotopic (exact) mass is 509 g/mol. The lowest BCUT2D eigenvalue weighted by molar-refractivity contribution is -0.118. The Labute approximate surface area is 222 Å². The van der Waals surface area contributed by atoms with Crippen molar-refractivity contribution in [3.05, 3.63) is 131 Å². The van der Waals surface area contributed by atoms with Gasteiger partial charge in [-0.1, -0.05) is 74.0 Å². The van der Waals surface area contributed by atoms with Crippen LogP contribution in [0.15, 0.2) is 109 Å². The van der Waals surface area contributed by atoms with Crippen molar-refractivity contribution >= 4 is 35.1 Å². The highest BCUT2D eigenvalue weighted by Gasteiger charge is 2.24. The van der Waals surface area contributed by atoms with E-state index in [2.05, 4.69) is 5.32 Å². The fourth-order valence-electron chi connectivity index (χ4n) is 4.02. The fourth-order valence-corrected chi connectivity index (χ4v) is 4.15. The number of rotatable bonds is 9. The average Bonchev–Trinajstić information content (AvgIpc) is 2.89. The van der Waals surface area contributed by atoms with Gasteiger partial charge < -0.3 is 10.1 Å². The number of nitrogens with one attached hydrogen (secondary N) is 1. The van der Waals surface area contributed by atoms with Crippen LogP contribution < -0.4 is 10.1 Å². The van der Waals surface area contributed by atoms with Crippen LogP contribution in [0.25, 0.3) is 6.08 Å². The summed E-state index contributed by atoms with van der Waals surface area (Å²) in [4.78, 5) is 25.7. The first-order valence-corrected chi connectivity index (χ1v) is 12.5. The summed E-state index contributed by atoms with van der Waals surface area (Å²) < 4.78 is 5.86. The molecule has 1 amide bonds. The van der Waals surface area contributed by atoms with E-state index in [1.165, 1.54) is 6.08 Å². The van der Waals surface area contributed by atoms with Crippen molar-refractivity contribution in [2.45, 2.75) is 19.8 Å². The molecule has 4 aromatic rings. The summed E-state index contributed by atoms with van der Waals surface area (Å²) in [5, 5.41) is 3.60. The molecule has 1 atom stereocenters. The Kier molecular flexibility index (Phi) is 8.55. The molecule has 5 heteroatoms. The molecule has 0 aliphatic carbocycles. The van der Waals surface area contributed by atoms with Crippen molar-refractivity contribution in [1.82, 2.24) is 0 Å². The molecule has 0 radical (unpaired) electrons. The minimum atomic E-state index is -0.317. The Balaban J connectivity index is 1.39. The number of anilines is 1. The lowest BCUT2D eigenvalue weighted by Gasteiger charge is -2.21. The maximum atomic E-state index is 13.0. The third-order valence-electron chi connectivity index (χ3n) is 5.88. The van der Waals surface area contributed by atoms with Crippen LogP contribution in [-0.2, 0) is 4.79 Å². The quantitative estimate of drug-likeness (QED) is 0.182. The maximum Gasteiger partial charge on any atom is 0.232 e. The normalized spacial score (nSPS) is 11.9. The summed E-state index contributed by atoms with van der Waals surface area (Å²) in [5.41, 5.74) is 2.93. The van der Waals surface area contributed by atoms with Crippen molar-refractivity contribution in [2.24, 2.45) is 5.92 Å². The molecule has 37 heavy (non-hydrogen) atoms. The Bertz CT molecular complexity index is 1380. The van der Waals surface area contributed by atoms with Crippen LogP contribution in [0, 0.1) is 5.92 Å². The summed E-state index contributed by atoms with van der Waals surface area (Å²) in [5.74, 6) is 0.994. The molecule has 0 aromatic heterocycles. The lowest BCUT2D eigenvalue weighted by atomic mass is 9.87. The highest BCUT2D eigenvalue weighted by molar-refractivity contribution is 6.30. The smallest absolute Gasteiger partial charge is 0.232 e. The van der Waals surface area contributed by atoms with Crippen molar-refractivity contribution in [3.8, 4) is 11.5 Å². The second-order valence-corrected chi connectivity index (χ2v) is 9.46. The summed E-state index contributed by atoms with van der Waals surface area (Å²) in [7, 11) is 0. The average molecular weight is 510 g/mol. The van der Waals surface area contributed by atoms with Crippen LogP contribution >= 0.6 is 11.6 Å². The number of ketones is 1. The van der Waals surface area contributed by atoms with E-state index in [-0.39, 0.29) is 23.5 Å². The number of hydrogen-bond acceptors (Lipinski definition) is 3. The third kappa shape index (κ3) is 7.18. The van der Waals surface area contributed by atoms with Crippen LogP contribution in [0.1, 0.15) is 41.3 Å². The number of ether oxygens (including phenoxy) is 1. The van der Waals surface area contributed by atoms with E-state index in [9.17, 15) is 9.59 Å². The number of para-hydroxylation sites is 1. The standard InChI is InChI=1S/C32H28ClNO3/c1-22(2)31(25-12-16-26(33)17-13-25)32(36)34-27-18-14-24(15-19-27)30(35)20-11-23-7-6-10-29(21-23)37-28-8-4-3-5-9-28/h3-22,31H,1-2H3,(H,34,36). The van der Waals surface area contributed by atoms with Gasteiger partial charge in [0.25, 0.3) is 0 Å². The van der Waals surface area contributed by atoms with Gasteiger partial charge in [-0.2, -0.15) is 0 Å². The Morgan fingerprint density at radius 1 is 0.811 bits per heavy atom. The predicted octanol–water partition coefficient (Wildman–Crippen LogP) is 8.41. The van der Waals surface area contributed by atoms with Crippen LogP contribution in [0.4, 0.5) is 5.69 Å². The van der Waals surface area contributed by atoms with Crippen molar-refractivity contribution < 1.29 is 14.3 Å².